The zero-order valence-corrected chi connectivity index (χ0v) is 9.16. The maximum atomic E-state index is 11.2. The third-order valence-corrected chi connectivity index (χ3v) is 2.51. The molecule has 3 N–H and O–H groups in total. The molecule has 0 aliphatic rings. The SMILES string of the molecule is NCC(=O)Nc1ccc(Cl)c2cccnc12. The van der Waals surface area contributed by atoms with Crippen molar-refractivity contribution in [2.24, 2.45) is 5.73 Å². The highest BCUT2D eigenvalue weighted by atomic mass is 35.5. The Morgan fingerprint density at radius 2 is 2.25 bits per heavy atom. The smallest absolute Gasteiger partial charge is 0.238 e. The van der Waals surface area contributed by atoms with Gasteiger partial charge in [0.05, 0.1) is 22.8 Å². The van der Waals surface area contributed by atoms with Crippen LogP contribution in [0.5, 0.6) is 0 Å². The number of hydrogen-bond acceptors (Lipinski definition) is 3. The topological polar surface area (TPSA) is 68.0 Å². The van der Waals surface area contributed by atoms with E-state index in [4.69, 9.17) is 17.3 Å². The number of rotatable bonds is 2. The van der Waals surface area contributed by atoms with Gasteiger partial charge in [-0.15, -0.1) is 0 Å². The molecule has 0 atom stereocenters. The first kappa shape index (κ1) is 10.9. The lowest BCUT2D eigenvalue weighted by atomic mass is 10.2. The van der Waals surface area contributed by atoms with Gasteiger partial charge in [0.1, 0.15) is 0 Å². The number of fused-ring (bicyclic) bond motifs is 1. The van der Waals surface area contributed by atoms with Crippen LogP contribution in [0.1, 0.15) is 0 Å². The van der Waals surface area contributed by atoms with Crippen LogP contribution in [0, 0.1) is 0 Å². The Kier molecular flexibility index (Phi) is 3.03. The van der Waals surface area contributed by atoms with E-state index in [0.717, 1.165) is 5.39 Å². The summed E-state index contributed by atoms with van der Waals surface area (Å²) in [6.45, 7) is -0.0586. The normalized spacial score (nSPS) is 10.4. The lowest BCUT2D eigenvalue weighted by Gasteiger charge is -2.07. The highest BCUT2D eigenvalue weighted by Gasteiger charge is 2.07. The fourth-order valence-corrected chi connectivity index (χ4v) is 1.66. The van der Waals surface area contributed by atoms with Crippen LogP contribution in [0.2, 0.25) is 5.02 Å². The molecular weight excluding hydrogens is 226 g/mol. The van der Waals surface area contributed by atoms with Crippen molar-refractivity contribution in [2.75, 3.05) is 11.9 Å². The molecule has 82 valence electrons. The van der Waals surface area contributed by atoms with Crippen LogP contribution in [0.3, 0.4) is 0 Å². The Bertz CT molecular complexity index is 542. The van der Waals surface area contributed by atoms with Gasteiger partial charge < -0.3 is 11.1 Å². The predicted octanol–water partition coefficient (Wildman–Crippen LogP) is 1.79. The Hall–Kier alpha value is -1.65. The lowest BCUT2D eigenvalue weighted by molar-refractivity contribution is -0.114. The summed E-state index contributed by atoms with van der Waals surface area (Å²) in [5.74, 6) is -0.255. The average Bonchev–Trinajstić information content (AvgIpc) is 2.33. The summed E-state index contributed by atoms with van der Waals surface area (Å²) in [6, 6.07) is 7.08. The molecule has 0 radical (unpaired) electrons. The van der Waals surface area contributed by atoms with Crippen LogP contribution >= 0.6 is 11.6 Å². The number of nitrogens with zero attached hydrogens (tertiary/aromatic N) is 1. The number of benzene rings is 1. The highest BCUT2D eigenvalue weighted by Crippen LogP contribution is 2.27. The third-order valence-electron chi connectivity index (χ3n) is 2.18. The molecule has 0 saturated carbocycles. The van der Waals surface area contributed by atoms with Crippen LogP contribution < -0.4 is 11.1 Å². The molecule has 2 rings (SSSR count). The van der Waals surface area contributed by atoms with Gasteiger partial charge in [-0.25, -0.2) is 0 Å². The highest BCUT2D eigenvalue weighted by molar-refractivity contribution is 6.35. The molecule has 2 aromatic rings. The predicted molar refractivity (Wildman–Crippen MR) is 64.4 cm³/mol. The molecule has 0 aliphatic heterocycles. The molecule has 0 aliphatic carbocycles. The number of carbonyl (C=O) groups excluding carboxylic acids is 1. The number of carbonyl (C=O) groups is 1. The number of amides is 1. The van der Waals surface area contributed by atoms with Gasteiger partial charge in [0.15, 0.2) is 0 Å². The third kappa shape index (κ3) is 1.98. The Balaban J connectivity index is 2.54. The summed E-state index contributed by atoms with van der Waals surface area (Å²) in [5, 5.41) is 4.09. The standard InChI is InChI=1S/C11H10ClN3O/c12-8-3-4-9(15-10(16)6-13)11-7(8)2-1-5-14-11/h1-5H,6,13H2,(H,15,16). The van der Waals surface area contributed by atoms with Crippen LogP contribution in [0.4, 0.5) is 5.69 Å². The molecule has 4 nitrogen and oxygen atoms in total. The van der Waals surface area contributed by atoms with Gasteiger partial charge >= 0.3 is 0 Å². The largest absolute Gasteiger partial charge is 0.323 e. The molecule has 1 heterocycles. The Morgan fingerprint density at radius 3 is 3.00 bits per heavy atom. The van der Waals surface area contributed by atoms with Crippen molar-refractivity contribution in [1.29, 1.82) is 0 Å². The van der Waals surface area contributed by atoms with Gasteiger partial charge in [-0.1, -0.05) is 11.6 Å². The quantitative estimate of drug-likeness (QED) is 0.834. The van der Waals surface area contributed by atoms with Crippen molar-refractivity contribution in [1.82, 2.24) is 4.98 Å². The van der Waals surface area contributed by atoms with E-state index >= 15 is 0 Å². The number of halogens is 1. The van der Waals surface area contributed by atoms with Gasteiger partial charge in [-0.2, -0.15) is 0 Å². The molecule has 0 saturated heterocycles. The molecule has 0 fully saturated rings. The van der Waals surface area contributed by atoms with Crippen molar-refractivity contribution >= 4 is 34.1 Å². The Labute approximate surface area is 97.4 Å². The van der Waals surface area contributed by atoms with E-state index in [1.807, 2.05) is 6.07 Å². The lowest BCUT2D eigenvalue weighted by Crippen LogP contribution is -2.22. The molecule has 0 unspecified atom stereocenters. The second-order valence-electron chi connectivity index (χ2n) is 3.25. The number of pyridine rings is 1. The molecule has 0 bridgehead atoms. The average molecular weight is 236 g/mol. The van der Waals surface area contributed by atoms with Crippen molar-refractivity contribution in [2.45, 2.75) is 0 Å². The molecule has 0 spiro atoms. The van der Waals surface area contributed by atoms with Crippen molar-refractivity contribution in [3.8, 4) is 0 Å². The van der Waals surface area contributed by atoms with Crippen molar-refractivity contribution in [3.05, 3.63) is 35.5 Å². The molecule has 1 amide bonds. The first-order valence-electron chi connectivity index (χ1n) is 4.75. The first-order valence-corrected chi connectivity index (χ1v) is 5.13. The van der Waals surface area contributed by atoms with E-state index in [1.54, 1.807) is 24.4 Å². The minimum atomic E-state index is -0.255. The van der Waals surface area contributed by atoms with Gasteiger partial charge in [0, 0.05) is 11.6 Å². The molecule has 16 heavy (non-hydrogen) atoms. The number of nitrogens with one attached hydrogen (secondary N) is 1. The number of hydrogen-bond donors (Lipinski definition) is 2. The van der Waals surface area contributed by atoms with Crippen LogP contribution in [0.25, 0.3) is 10.9 Å². The number of aromatic nitrogens is 1. The summed E-state index contributed by atoms with van der Waals surface area (Å²) in [5.41, 5.74) is 6.52. The van der Waals surface area contributed by atoms with Crippen molar-refractivity contribution < 1.29 is 4.79 Å². The summed E-state index contributed by atoms with van der Waals surface area (Å²) in [4.78, 5) is 15.4. The van der Waals surface area contributed by atoms with Gasteiger partial charge in [0.25, 0.3) is 0 Å². The van der Waals surface area contributed by atoms with Crippen LogP contribution in [0.15, 0.2) is 30.5 Å². The zero-order valence-electron chi connectivity index (χ0n) is 8.40. The fraction of sp³-hybridized carbons (Fsp3) is 0.0909. The molecule has 5 heteroatoms. The van der Waals surface area contributed by atoms with E-state index in [0.29, 0.717) is 16.2 Å². The van der Waals surface area contributed by atoms with Gasteiger partial charge in [0.2, 0.25) is 5.91 Å². The van der Waals surface area contributed by atoms with E-state index in [9.17, 15) is 4.79 Å². The first-order chi connectivity index (χ1) is 7.72. The zero-order chi connectivity index (χ0) is 11.5. The second kappa shape index (κ2) is 4.47. The molecule has 1 aromatic heterocycles. The maximum absolute atomic E-state index is 11.2. The summed E-state index contributed by atoms with van der Waals surface area (Å²) < 4.78 is 0. The van der Waals surface area contributed by atoms with Crippen LogP contribution in [-0.2, 0) is 4.79 Å². The fourth-order valence-electron chi connectivity index (χ4n) is 1.44. The summed E-state index contributed by atoms with van der Waals surface area (Å²) in [7, 11) is 0. The number of anilines is 1. The van der Waals surface area contributed by atoms with Gasteiger partial charge in [-0.05, 0) is 24.3 Å². The van der Waals surface area contributed by atoms with E-state index < -0.39 is 0 Å². The molecular formula is C11H10ClN3O. The van der Waals surface area contributed by atoms with Gasteiger partial charge in [-0.3, -0.25) is 9.78 Å². The maximum Gasteiger partial charge on any atom is 0.238 e. The number of nitrogens with two attached hydrogens (primary N) is 1. The minimum absolute atomic E-state index is 0.0586. The van der Waals surface area contributed by atoms with Crippen LogP contribution in [-0.4, -0.2) is 17.4 Å². The second-order valence-corrected chi connectivity index (χ2v) is 3.65. The Morgan fingerprint density at radius 1 is 1.44 bits per heavy atom. The monoisotopic (exact) mass is 235 g/mol. The molecule has 1 aromatic carbocycles. The van der Waals surface area contributed by atoms with E-state index in [-0.39, 0.29) is 12.5 Å². The summed E-state index contributed by atoms with van der Waals surface area (Å²) in [6.07, 6.45) is 1.65. The minimum Gasteiger partial charge on any atom is -0.323 e. The van der Waals surface area contributed by atoms with Crippen molar-refractivity contribution in [3.63, 3.8) is 0 Å². The van der Waals surface area contributed by atoms with E-state index in [1.165, 1.54) is 0 Å². The summed E-state index contributed by atoms with van der Waals surface area (Å²) >= 11 is 6.02. The van der Waals surface area contributed by atoms with E-state index in [2.05, 4.69) is 10.3 Å².